The zero-order valence-corrected chi connectivity index (χ0v) is 17.4. The highest BCUT2D eigenvalue weighted by Crippen LogP contribution is 2.31. The van der Waals surface area contributed by atoms with Crippen molar-refractivity contribution in [1.82, 2.24) is 4.98 Å². The smallest absolute Gasteiger partial charge is 0.264 e. The number of hydrogen-bond donors (Lipinski definition) is 1. The third kappa shape index (κ3) is 4.80. The van der Waals surface area contributed by atoms with Crippen molar-refractivity contribution in [2.45, 2.75) is 20.8 Å². The van der Waals surface area contributed by atoms with Gasteiger partial charge in [-0.3, -0.25) is 10.1 Å². The minimum absolute atomic E-state index is 0.106. The molecule has 3 rings (SSSR count). The molecule has 0 radical (unpaired) electrons. The zero-order chi connectivity index (χ0) is 19.6. The van der Waals surface area contributed by atoms with Crippen LogP contribution in [0.5, 0.6) is 5.75 Å². The highest BCUT2D eigenvalue weighted by Gasteiger charge is 2.13. The van der Waals surface area contributed by atoms with E-state index in [0.29, 0.717) is 20.9 Å². The fourth-order valence-electron chi connectivity index (χ4n) is 2.65. The summed E-state index contributed by atoms with van der Waals surface area (Å²) < 4.78 is 5.58. The molecule has 0 unspecified atom stereocenters. The molecule has 0 aliphatic rings. The second-order valence-electron chi connectivity index (χ2n) is 6.14. The van der Waals surface area contributed by atoms with Gasteiger partial charge in [-0.05, 0) is 56.2 Å². The van der Waals surface area contributed by atoms with E-state index < -0.39 is 0 Å². The largest absolute Gasteiger partial charge is 0.484 e. The first-order valence-corrected chi connectivity index (χ1v) is 9.83. The molecule has 2 aromatic carbocycles. The fraction of sp³-hybridized carbons (Fsp3) is 0.200. The number of benzene rings is 2. The molecule has 0 saturated heterocycles. The number of nitrogens with one attached hydrogen (secondary N) is 1. The predicted octanol–water partition coefficient (Wildman–Crippen LogP) is 6.06. The minimum atomic E-state index is -0.272. The first kappa shape index (κ1) is 19.7. The molecule has 1 aromatic heterocycles. The van der Waals surface area contributed by atoms with Gasteiger partial charge in [-0.15, -0.1) is 11.3 Å². The molecule has 0 bridgehead atoms. The summed E-state index contributed by atoms with van der Waals surface area (Å²) in [7, 11) is 0. The zero-order valence-electron chi connectivity index (χ0n) is 15.1. The van der Waals surface area contributed by atoms with Gasteiger partial charge >= 0.3 is 0 Å². The van der Waals surface area contributed by atoms with E-state index in [4.69, 9.17) is 27.9 Å². The average Bonchev–Trinajstić information content (AvgIpc) is 2.98. The monoisotopic (exact) mass is 420 g/mol. The van der Waals surface area contributed by atoms with Crippen molar-refractivity contribution in [2.24, 2.45) is 0 Å². The summed E-state index contributed by atoms with van der Waals surface area (Å²) in [5.41, 5.74) is 3.55. The van der Waals surface area contributed by atoms with Gasteiger partial charge in [0.1, 0.15) is 5.75 Å². The van der Waals surface area contributed by atoms with E-state index in [1.165, 1.54) is 11.3 Å². The van der Waals surface area contributed by atoms with Crippen LogP contribution < -0.4 is 10.1 Å². The van der Waals surface area contributed by atoms with Crippen LogP contribution in [0.3, 0.4) is 0 Å². The molecule has 4 nitrogen and oxygen atoms in total. The first-order chi connectivity index (χ1) is 12.8. The van der Waals surface area contributed by atoms with Gasteiger partial charge in [-0.2, -0.15) is 0 Å². The van der Waals surface area contributed by atoms with Crippen LogP contribution in [0.2, 0.25) is 10.0 Å². The fourth-order valence-corrected chi connectivity index (χ4v) is 3.80. The lowest BCUT2D eigenvalue weighted by Gasteiger charge is -2.09. The Morgan fingerprint density at radius 3 is 2.52 bits per heavy atom. The number of rotatable bonds is 5. The normalized spacial score (nSPS) is 10.7. The van der Waals surface area contributed by atoms with Gasteiger partial charge in [0.15, 0.2) is 11.7 Å². The van der Waals surface area contributed by atoms with Gasteiger partial charge in [-0.1, -0.05) is 35.3 Å². The van der Waals surface area contributed by atoms with Crippen molar-refractivity contribution in [3.05, 3.63) is 62.4 Å². The number of ether oxygens (including phenoxy) is 1. The summed E-state index contributed by atoms with van der Waals surface area (Å²) in [5.74, 6) is 0.339. The minimum Gasteiger partial charge on any atom is -0.484 e. The standard InChI is InChI=1S/C20H18Cl2N2O2S/c1-11-7-16(8-12(2)18(11)22)26-10-17(25)23-20-24-19(13(3)27-20)14-5-4-6-15(21)9-14/h4-9H,10H2,1-3H3,(H,23,24,25). The van der Waals surface area contributed by atoms with E-state index in [9.17, 15) is 4.79 Å². The van der Waals surface area contributed by atoms with Crippen LogP contribution in [-0.4, -0.2) is 17.5 Å². The van der Waals surface area contributed by atoms with Crippen LogP contribution in [0, 0.1) is 20.8 Å². The van der Waals surface area contributed by atoms with Crippen LogP contribution >= 0.6 is 34.5 Å². The maximum Gasteiger partial charge on any atom is 0.264 e. The van der Waals surface area contributed by atoms with Crippen LogP contribution in [0.25, 0.3) is 11.3 Å². The molecule has 1 N–H and O–H groups in total. The number of nitrogens with zero attached hydrogens (tertiary/aromatic N) is 1. The van der Waals surface area contributed by atoms with E-state index in [-0.39, 0.29) is 12.5 Å². The number of aromatic nitrogens is 1. The SMILES string of the molecule is Cc1cc(OCC(=O)Nc2nc(-c3cccc(Cl)c3)c(C)s2)cc(C)c1Cl. The van der Waals surface area contributed by atoms with Crippen molar-refractivity contribution in [2.75, 3.05) is 11.9 Å². The van der Waals surface area contributed by atoms with Crippen molar-refractivity contribution in [1.29, 1.82) is 0 Å². The molecule has 7 heteroatoms. The van der Waals surface area contributed by atoms with Crippen LogP contribution in [-0.2, 0) is 4.79 Å². The molecule has 0 aliphatic carbocycles. The van der Waals surface area contributed by atoms with E-state index in [1.807, 2.05) is 57.2 Å². The number of carbonyl (C=O) groups is 1. The predicted molar refractivity (Wildman–Crippen MR) is 112 cm³/mol. The number of amides is 1. The molecule has 140 valence electrons. The van der Waals surface area contributed by atoms with Gasteiger partial charge < -0.3 is 4.74 Å². The van der Waals surface area contributed by atoms with Gasteiger partial charge in [-0.25, -0.2) is 4.98 Å². The highest BCUT2D eigenvalue weighted by atomic mass is 35.5. The highest BCUT2D eigenvalue weighted by molar-refractivity contribution is 7.16. The van der Waals surface area contributed by atoms with Crippen molar-refractivity contribution in [3.8, 4) is 17.0 Å². The van der Waals surface area contributed by atoms with Gasteiger partial charge in [0.2, 0.25) is 0 Å². The maximum atomic E-state index is 12.2. The maximum absolute atomic E-state index is 12.2. The molecule has 0 aliphatic heterocycles. The van der Waals surface area contributed by atoms with E-state index >= 15 is 0 Å². The molecule has 0 fully saturated rings. The Bertz CT molecular complexity index is 978. The summed E-state index contributed by atoms with van der Waals surface area (Å²) in [4.78, 5) is 17.7. The Balaban J connectivity index is 1.66. The van der Waals surface area contributed by atoms with E-state index in [0.717, 1.165) is 27.3 Å². The molecular weight excluding hydrogens is 403 g/mol. The molecule has 3 aromatic rings. The summed E-state index contributed by atoms with van der Waals surface area (Å²) in [6.07, 6.45) is 0. The molecular formula is C20H18Cl2N2O2S. The number of hydrogen-bond acceptors (Lipinski definition) is 4. The Labute approximate surface area is 172 Å². The lowest BCUT2D eigenvalue weighted by atomic mass is 10.1. The lowest BCUT2D eigenvalue weighted by molar-refractivity contribution is -0.118. The molecule has 0 saturated carbocycles. The van der Waals surface area contributed by atoms with Crippen LogP contribution in [0.4, 0.5) is 5.13 Å². The summed E-state index contributed by atoms with van der Waals surface area (Å²) in [5, 5.41) is 4.66. The van der Waals surface area contributed by atoms with Gasteiger partial charge in [0.25, 0.3) is 5.91 Å². The van der Waals surface area contributed by atoms with Gasteiger partial charge in [0, 0.05) is 20.5 Å². The van der Waals surface area contributed by atoms with E-state index in [2.05, 4.69) is 10.3 Å². The third-order valence-electron chi connectivity index (χ3n) is 3.92. The number of thiazole rings is 1. The number of halogens is 2. The van der Waals surface area contributed by atoms with E-state index in [1.54, 1.807) is 0 Å². The van der Waals surface area contributed by atoms with Crippen molar-refractivity contribution >= 4 is 45.6 Å². The lowest BCUT2D eigenvalue weighted by Crippen LogP contribution is -2.20. The quantitative estimate of drug-likeness (QED) is 0.545. The Morgan fingerprint density at radius 1 is 1.15 bits per heavy atom. The number of carbonyl (C=O) groups excluding carboxylic acids is 1. The Morgan fingerprint density at radius 2 is 1.85 bits per heavy atom. The van der Waals surface area contributed by atoms with Crippen LogP contribution in [0.1, 0.15) is 16.0 Å². The number of anilines is 1. The first-order valence-electron chi connectivity index (χ1n) is 8.26. The van der Waals surface area contributed by atoms with Crippen molar-refractivity contribution in [3.63, 3.8) is 0 Å². The molecule has 27 heavy (non-hydrogen) atoms. The molecule has 1 heterocycles. The molecule has 1 amide bonds. The topological polar surface area (TPSA) is 51.2 Å². The second kappa shape index (κ2) is 8.30. The molecule has 0 spiro atoms. The van der Waals surface area contributed by atoms with Crippen molar-refractivity contribution < 1.29 is 9.53 Å². The number of aryl methyl sites for hydroxylation is 3. The molecule has 0 atom stereocenters. The second-order valence-corrected chi connectivity index (χ2v) is 8.16. The third-order valence-corrected chi connectivity index (χ3v) is 5.64. The average molecular weight is 421 g/mol. The summed E-state index contributed by atoms with van der Waals surface area (Å²) in [6, 6.07) is 11.1. The Hall–Kier alpha value is -2.08. The Kier molecular flexibility index (Phi) is 6.05. The summed E-state index contributed by atoms with van der Waals surface area (Å²) >= 11 is 13.6. The summed E-state index contributed by atoms with van der Waals surface area (Å²) in [6.45, 7) is 5.65. The van der Waals surface area contributed by atoms with Gasteiger partial charge in [0.05, 0.1) is 5.69 Å². The van der Waals surface area contributed by atoms with Crippen LogP contribution in [0.15, 0.2) is 36.4 Å².